The number of thioether (sulfide) groups is 1. The number of rotatable bonds is 9. The summed E-state index contributed by atoms with van der Waals surface area (Å²) in [5.74, 6) is -0.150. The summed E-state index contributed by atoms with van der Waals surface area (Å²) in [4.78, 5) is 12.4. The van der Waals surface area contributed by atoms with E-state index in [0.29, 0.717) is 17.7 Å². The molecule has 0 aliphatic carbocycles. The van der Waals surface area contributed by atoms with Crippen LogP contribution in [0.3, 0.4) is 0 Å². The van der Waals surface area contributed by atoms with Gasteiger partial charge in [-0.3, -0.25) is 4.79 Å². The van der Waals surface area contributed by atoms with Crippen molar-refractivity contribution in [3.8, 4) is 5.75 Å². The second kappa shape index (κ2) is 10.7. The molecular formula is C24H31NO5S2. The number of unbranched alkanes of at least 4 members (excludes halogenated alkanes) is 1. The van der Waals surface area contributed by atoms with Gasteiger partial charge in [-0.1, -0.05) is 43.7 Å². The number of hydrogen-bond acceptors (Lipinski definition) is 5. The van der Waals surface area contributed by atoms with E-state index in [1.807, 2.05) is 24.3 Å². The van der Waals surface area contributed by atoms with Gasteiger partial charge in [0.25, 0.3) is 0 Å². The first-order valence-corrected chi connectivity index (χ1v) is 13.3. The van der Waals surface area contributed by atoms with E-state index in [1.54, 1.807) is 50.1 Å². The normalized spacial score (nSPS) is 21.9. The minimum Gasteiger partial charge on any atom is -0.497 e. The molecule has 0 aromatic heterocycles. The number of ether oxygens (including phenoxy) is 1. The number of benzene rings is 2. The van der Waals surface area contributed by atoms with E-state index in [0.717, 1.165) is 24.2 Å². The number of sulfonamides is 1. The molecule has 2 aromatic carbocycles. The lowest BCUT2D eigenvalue weighted by Gasteiger charge is -2.42. The third kappa shape index (κ3) is 5.30. The van der Waals surface area contributed by atoms with E-state index in [9.17, 15) is 18.3 Å². The first kappa shape index (κ1) is 24.6. The van der Waals surface area contributed by atoms with Gasteiger partial charge in [0.15, 0.2) is 0 Å². The lowest BCUT2D eigenvalue weighted by Crippen LogP contribution is -2.49. The number of methoxy groups -OCH3 is 1. The first-order valence-electron chi connectivity index (χ1n) is 10.9. The Labute approximate surface area is 195 Å². The average Bonchev–Trinajstić information content (AvgIpc) is 2.79. The van der Waals surface area contributed by atoms with Gasteiger partial charge in [-0.25, -0.2) is 8.42 Å². The minimum atomic E-state index is -3.89. The quantitative estimate of drug-likeness (QED) is 0.525. The van der Waals surface area contributed by atoms with Gasteiger partial charge in [-0.05, 0) is 54.8 Å². The van der Waals surface area contributed by atoms with Gasteiger partial charge >= 0.3 is 5.97 Å². The van der Waals surface area contributed by atoms with E-state index in [1.165, 1.54) is 4.31 Å². The summed E-state index contributed by atoms with van der Waals surface area (Å²) in [6.45, 7) is 3.82. The van der Waals surface area contributed by atoms with Crippen molar-refractivity contribution in [3.63, 3.8) is 0 Å². The van der Waals surface area contributed by atoms with Gasteiger partial charge in [0.05, 0.1) is 24.0 Å². The molecule has 1 heterocycles. The van der Waals surface area contributed by atoms with E-state index < -0.39 is 28.0 Å². The number of nitrogens with zero attached hydrogens (tertiary/aromatic N) is 1. The number of carboxylic acid groups (broad SMARTS) is 1. The first-order chi connectivity index (χ1) is 15.3. The predicted octanol–water partition coefficient (Wildman–Crippen LogP) is 4.74. The molecule has 174 valence electrons. The number of aliphatic carboxylic acids is 1. The Morgan fingerprint density at radius 2 is 1.88 bits per heavy atom. The highest BCUT2D eigenvalue weighted by molar-refractivity contribution is 7.99. The summed E-state index contributed by atoms with van der Waals surface area (Å²) in [5.41, 5.74) is 1.49. The Hall–Kier alpha value is -2.03. The van der Waals surface area contributed by atoms with E-state index in [4.69, 9.17) is 4.74 Å². The van der Waals surface area contributed by atoms with Gasteiger partial charge in [0.2, 0.25) is 10.0 Å². The Kier molecular flexibility index (Phi) is 8.25. The molecule has 0 unspecified atom stereocenters. The predicted molar refractivity (Wildman–Crippen MR) is 128 cm³/mol. The van der Waals surface area contributed by atoms with Gasteiger partial charge in [-0.2, -0.15) is 16.1 Å². The van der Waals surface area contributed by atoms with E-state index in [2.05, 4.69) is 6.92 Å². The van der Waals surface area contributed by atoms with Crippen molar-refractivity contribution in [1.82, 2.24) is 4.31 Å². The van der Waals surface area contributed by atoms with Crippen LogP contribution in [0.1, 0.15) is 43.4 Å². The molecule has 2 aromatic rings. The Morgan fingerprint density at radius 3 is 2.47 bits per heavy atom. The second-order valence-electron chi connectivity index (χ2n) is 8.07. The maximum absolute atomic E-state index is 13.8. The minimum absolute atomic E-state index is 0.0491. The number of hydrogen-bond donors (Lipinski definition) is 1. The fourth-order valence-corrected chi connectivity index (χ4v) is 7.50. The highest BCUT2D eigenvalue weighted by Crippen LogP contribution is 2.43. The molecule has 6 nitrogen and oxygen atoms in total. The lowest BCUT2D eigenvalue weighted by molar-refractivity contribution is -0.143. The number of piperidine rings is 1. The molecule has 8 heteroatoms. The van der Waals surface area contributed by atoms with Gasteiger partial charge in [0, 0.05) is 11.8 Å². The standard InChI is InChI=1S/C24H31NO5S2/c1-4-5-14-31-22-15-21(18-10-12-19(30-3)13-11-18)25(16-20(22)24(26)27)32(28,29)23-9-7-6-8-17(23)2/h6-13,20-22H,4-5,14-16H2,1-3H3,(H,26,27)/t20-,21+,22-/m1/s1. The van der Waals surface area contributed by atoms with Crippen molar-refractivity contribution >= 4 is 27.8 Å². The summed E-state index contributed by atoms with van der Waals surface area (Å²) in [6, 6.07) is 13.8. The molecule has 0 amide bonds. The van der Waals surface area contributed by atoms with Crippen LogP contribution in [0.5, 0.6) is 5.75 Å². The molecule has 3 atom stereocenters. The van der Waals surface area contributed by atoms with Crippen LogP contribution < -0.4 is 4.74 Å². The van der Waals surface area contributed by atoms with Crippen molar-refractivity contribution in [2.75, 3.05) is 19.4 Å². The monoisotopic (exact) mass is 477 g/mol. The molecular weight excluding hydrogens is 446 g/mol. The molecule has 1 N–H and O–H groups in total. The summed E-state index contributed by atoms with van der Waals surface area (Å²) >= 11 is 1.65. The Bertz CT molecular complexity index is 1020. The summed E-state index contributed by atoms with van der Waals surface area (Å²) in [5, 5.41) is 9.79. The van der Waals surface area contributed by atoms with Gasteiger partial charge < -0.3 is 9.84 Å². The average molecular weight is 478 g/mol. The maximum atomic E-state index is 13.8. The molecule has 1 saturated heterocycles. The Balaban J connectivity index is 2.04. The summed E-state index contributed by atoms with van der Waals surface area (Å²) in [6.07, 6.45) is 2.49. The fourth-order valence-electron chi connectivity index (χ4n) is 4.11. The topological polar surface area (TPSA) is 83.9 Å². The smallest absolute Gasteiger partial charge is 0.308 e. The van der Waals surface area contributed by atoms with E-state index in [-0.39, 0.29) is 16.7 Å². The molecule has 1 aliphatic heterocycles. The van der Waals surface area contributed by atoms with E-state index >= 15 is 0 Å². The molecule has 3 rings (SSSR count). The van der Waals surface area contributed by atoms with Crippen molar-refractivity contribution in [3.05, 3.63) is 59.7 Å². The highest BCUT2D eigenvalue weighted by atomic mass is 32.2. The van der Waals surface area contributed by atoms with Crippen LogP contribution in [0, 0.1) is 12.8 Å². The van der Waals surface area contributed by atoms with Crippen LogP contribution >= 0.6 is 11.8 Å². The SMILES string of the molecule is CCCCS[C@@H]1C[C@@H](c2ccc(OC)cc2)N(S(=O)(=O)c2ccccc2C)C[C@H]1C(=O)O. The maximum Gasteiger partial charge on any atom is 0.308 e. The van der Waals surface area contributed by atoms with Gasteiger partial charge in [0.1, 0.15) is 5.75 Å². The molecule has 0 saturated carbocycles. The lowest BCUT2D eigenvalue weighted by atomic mass is 9.90. The van der Waals surface area contributed by atoms with Crippen molar-refractivity contribution in [1.29, 1.82) is 0 Å². The van der Waals surface area contributed by atoms with Crippen molar-refractivity contribution in [2.45, 2.75) is 49.3 Å². The third-order valence-corrected chi connectivity index (χ3v) is 9.46. The molecule has 1 fully saturated rings. The van der Waals surface area contributed by atoms with Gasteiger partial charge in [-0.15, -0.1) is 0 Å². The number of aryl methyl sites for hydroxylation is 1. The summed E-state index contributed by atoms with van der Waals surface area (Å²) < 4.78 is 34.2. The number of carbonyl (C=O) groups is 1. The molecule has 0 radical (unpaired) electrons. The molecule has 0 bridgehead atoms. The third-order valence-electron chi connectivity index (χ3n) is 5.96. The van der Waals surface area contributed by atoms with Crippen molar-refractivity contribution in [2.24, 2.45) is 5.92 Å². The zero-order valence-corrected chi connectivity index (χ0v) is 20.4. The van der Waals surface area contributed by atoms with Crippen LogP contribution in [0.25, 0.3) is 0 Å². The van der Waals surface area contributed by atoms with Crippen molar-refractivity contribution < 1.29 is 23.1 Å². The van der Waals surface area contributed by atoms with Crippen LogP contribution in [-0.4, -0.2) is 48.5 Å². The highest BCUT2D eigenvalue weighted by Gasteiger charge is 2.45. The molecule has 1 aliphatic rings. The molecule has 0 spiro atoms. The van der Waals surface area contributed by atoms with Crippen LogP contribution in [0.2, 0.25) is 0 Å². The number of carboxylic acids is 1. The fraction of sp³-hybridized carbons (Fsp3) is 0.458. The van der Waals surface area contributed by atoms with Crippen LogP contribution in [0.4, 0.5) is 0 Å². The van der Waals surface area contributed by atoms with Crippen LogP contribution in [0.15, 0.2) is 53.4 Å². The Morgan fingerprint density at radius 1 is 1.19 bits per heavy atom. The zero-order valence-electron chi connectivity index (χ0n) is 18.7. The second-order valence-corrected chi connectivity index (χ2v) is 11.3. The molecule has 32 heavy (non-hydrogen) atoms. The summed E-state index contributed by atoms with van der Waals surface area (Å²) in [7, 11) is -2.31. The largest absolute Gasteiger partial charge is 0.497 e. The van der Waals surface area contributed by atoms with Crippen LogP contribution in [-0.2, 0) is 14.8 Å². The zero-order chi connectivity index (χ0) is 23.3.